The third kappa shape index (κ3) is 7.68. The highest BCUT2D eigenvalue weighted by molar-refractivity contribution is 6.09. The molecule has 288 valence electrons. The van der Waals surface area contributed by atoms with Gasteiger partial charge in [-0.25, -0.2) is 0 Å². The van der Waals surface area contributed by atoms with Crippen molar-refractivity contribution >= 4 is 50.0 Å². The van der Waals surface area contributed by atoms with Gasteiger partial charge in [-0.2, -0.15) is 0 Å². The molecule has 7 rings (SSSR count). The van der Waals surface area contributed by atoms with Crippen molar-refractivity contribution in [2.24, 2.45) is 0 Å². The van der Waals surface area contributed by atoms with E-state index in [2.05, 4.69) is 226 Å². The van der Waals surface area contributed by atoms with Crippen molar-refractivity contribution in [1.82, 2.24) is 0 Å². The molecule has 0 N–H and O–H groups in total. The van der Waals surface area contributed by atoms with Crippen molar-refractivity contribution in [2.45, 2.75) is 118 Å². The quantitative estimate of drug-likeness (QED) is 0.157. The fourth-order valence-corrected chi connectivity index (χ4v) is 8.56. The average molecular weight is 739 g/mol. The predicted octanol–water partition coefficient (Wildman–Crippen LogP) is 16.0. The molecule has 56 heavy (non-hydrogen) atoms. The molecule has 0 radical (unpaired) electrons. The van der Waals surface area contributed by atoms with E-state index in [0.717, 1.165) is 29.9 Å². The maximum absolute atomic E-state index is 2.48. The number of hydrogen-bond acceptors (Lipinski definition) is 2. The van der Waals surface area contributed by atoms with Crippen LogP contribution in [-0.4, -0.2) is 0 Å². The molecule has 6 aromatic rings. The highest BCUT2D eigenvalue weighted by Crippen LogP contribution is 2.48. The zero-order valence-corrected chi connectivity index (χ0v) is 36.0. The molecule has 0 saturated carbocycles. The Morgan fingerprint density at radius 3 is 1.21 bits per heavy atom. The van der Waals surface area contributed by atoms with Crippen molar-refractivity contribution in [3.8, 4) is 0 Å². The topological polar surface area (TPSA) is 6.48 Å². The normalized spacial score (nSPS) is 14.0. The van der Waals surface area contributed by atoms with Crippen LogP contribution in [0.2, 0.25) is 0 Å². The van der Waals surface area contributed by atoms with E-state index in [1.54, 1.807) is 0 Å². The number of allylic oxidation sites excluding steroid dienone is 3. The number of rotatable bonds is 6. The van der Waals surface area contributed by atoms with E-state index in [1.165, 1.54) is 60.9 Å². The summed E-state index contributed by atoms with van der Waals surface area (Å²) in [5, 5.41) is 5.30. The molecule has 0 atom stereocenters. The molecule has 2 heteroatoms. The van der Waals surface area contributed by atoms with Crippen molar-refractivity contribution in [1.29, 1.82) is 0 Å². The van der Waals surface area contributed by atoms with Gasteiger partial charge >= 0.3 is 0 Å². The minimum Gasteiger partial charge on any atom is -0.311 e. The van der Waals surface area contributed by atoms with Crippen LogP contribution in [0.15, 0.2) is 139 Å². The first-order chi connectivity index (χ1) is 26.3. The molecule has 0 spiro atoms. The van der Waals surface area contributed by atoms with Crippen LogP contribution in [0.25, 0.3) is 21.5 Å². The van der Waals surface area contributed by atoms with Crippen molar-refractivity contribution < 1.29 is 0 Å². The van der Waals surface area contributed by atoms with Gasteiger partial charge in [-0.15, -0.1) is 0 Å². The fraction of sp³-hybridized carbons (Fsp3) is 0.333. The molecule has 0 bridgehead atoms. The third-order valence-corrected chi connectivity index (χ3v) is 11.3. The first kappa shape index (κ1) is 39.2. The Kier molecular flexibility index (Phi) is 10.1. The summed E-state index contributed by atoms with van der Waals surface area (Å²) in [6.45, 7) is 27.9. The maximum atomic E-state index is 2.48. The number of benzene rings is 6. The Bertz CT molecular complexity index is 2420. The van der Waals surface area contributed by atoms with E-state index >= 15 is 0 Å². The summed E-state index contributed by atoms with van der Waals surface area (Å²) < 4.78 is 0. The van der Waals surface area contributed by atoms with Crippen molar-refractivity contribution in [2.75, 3.05) is 9.80 Å². The van der Waals surface area contributed by atoms with E-state index < -0.39 is 0 Å². The highest BCUT2D eigenvalue weighted by Gasteiger charge is 2.29. The predicted molar refractivity (Wildman–Crippen MR) is 246 cm³/mol. The Morgan fingerprint density at radius 1 is 0.375 bits per heavy atom. The summed E-state index contributed by atoms with van der Waals surface area (Å²) in [5.41, 5.74) is 12.5. The van der Waals surface area contributed by atoms with E-state index in [4.69, 9.17) is 0 Å². The molecule has 0 amide bonds. The van der Waals surface area contributed by atoms with Crippen LogP contribution in [-0.2, 0) is 21.7 Å². The SMILES string of the molecule is CC(C)(C)c1ccc(N(C2=CCCC=C2)c2ccc3c(C(C)(C)C)c4ccc(N(c5ccccc5)c5ccc(C(C)(C)C)cc5)cc4c(C(C)(C)C)c3c2)cc1. The van der Waals surface area contributed by atoms with Crippen LogP contribution in [0.5, 0.6) is 0 Å². The molecule has 1 aliphatic carbocycles. The van der Waals surface area contributed by atoms with Gasteiger partial charge in [0.1, 0.15) is 0 Å². The minimum atomic E-state index is -0.140. The molecule has 0 unspecified atom stereocenters. The van der Waals surface area contributed by atoms with Crippen LogP contribution in [0.4, 0.5) is 28.4 Å². The largest absolute Gasteiger partial charge is 0.311 e. The smallest absolute Gasteiger partial charge is 0.0468 e. The van der Waals surface area contributed by atoms with Crippen LogP contribution in [0.1, 0.15) is 118 Å². The van der Waals surface area contributed by atoms with Gasteiger partial charge in [0, 0.05) is 34.1 Å². The van der Waals surface area contributed by atoms with E-state index in [0.29, 0.717) is 0 Å². The monoisotopic (exact) mass is 738 g/mol. The Balaban J connectivity index is 1.51. The second-order valence-electron chi connectivity index (χ2n) is 19.9. The number of hydrogen-bond donors (Lipinski definition) is 0. The van der Waals surface area contributed by atoms with Crippen LogP contribution >= 0.6 is 0 Å². The molecule has 0 aromatic heterocycles. The third-order valence-electron chi connectivity index (χ3n) is 11.3. The minimum absolute atomic E-state index is 0.0825. The fourth-order valence-electron chi connectivity index (χ4n) is 8.56. The van der Waals surface area contributed by atoms with E-state index in [1.807, 2.05) is 0 Å². The summed E-state index contributed by atoms with van der Waals surface area (Å²) in [7, 11) is 0. The first-order valence-corrected chi connectivity index (χ1v) is 20.6. The van der Waals surface area contributed by atoms with Gasteiger partial charge in [0.25, 0.3) is 0 Å². The Labute approximate surface area is 337 Å². The maximum Gasteiger partial charge on any atom is 0.0468 e. The number of anilines is 5. The average Bonchev–Trinajstić information content (AvgIpc) is 3.13. The summed E-state index contributed by atoms with van der Waals surface area (Å²) >= 11 is 0. The molecular formula is C54H62N2. The van der Waals surface area contributed by atoms with Crippen molar-refractivity contribution in [3.05, 3.63) is 161 Å². The highest BCUT2D eigenvalue weighted by atomic mass is 15.1. The van der Waals surface area contributed by atoms with Gasteiger partial charge in [0.15, 0.2) is 0 Å². The Morgan fingerprint density at radius 2 is 0.786 bits per heavy atom. The van der Waals surface area contributed by atoms with Crippen LogP contribution in [0, 0.1) is 0 Å². The van der Waals surface area contributed by atoms with Gasteiger partial charge in [0.2, 0.25) is 0 Å². The molecule has 6 aromatic carbocycles. The van der Waals surface area contributed by atoms with Gasteiger partial charge in [0.05, 0.1) is 0 Å². The lowest BCUT2D eigenvalue weighted by Gasteiger charge is -2.33. The molecule has 0 heterocycles. The van der Waals surface area contributed by atoms with Gasteiger partial charge in [-0.1, -0.05) is 150 Å². The van der Waals surface area contributed by atoms with Gasteiger partial charge in [-0.05, 0) is 145 Å². The standard InChI is InChI=1S/C54H62N2/c1-51(2,3)37-23-27-41(28-24-37)55(39-19-15-13-16-20-39)43-31-33-45-47(35-43)50(54(10,11)12)48-36-44(32-34-46(48)49(45)53(7,8)9)56(40-21-17-14-18-22-40)42-29-25-38(26-30-42)52(4,5)6/h13,15-17,19-36H,14,18H2,1-12H3. The lowest BCUT2D eigenvalue weighted by atomic mass is 9.74. The zero-order chi connectivity index (χ0) is 40.2. The Hall–Kier alpha value is -5.08. The second kappa shape index (κ2) is 14.5. The first-order valence-electron chi connectivity index (χ1n) is 20.6. The van der Waals surface area contributed by atoms with Crippen molar-refractivity contribution in [3.63, 3.8) is 0 Å². The van der Waals surface area contributed by atoms with E-state index in [-0.39, 0.29) is 21.7 Å². The molecular weight excluding hydrogens is 677 g/mol. The summed E-state index contributed by atoms with van der Waals surface area (Å²) in [5.74, 6) is 0. The van der Waals surface area contributed by atoms with Gasteiger partial charge < -0.3 is 9.80 Å². The summed E-state index contributed by atoms with van der Waals surface area (Å²) in [6.07, 6.45) is 9.13. The van der Waals surface area contributed by atoms with Crippen LogP contribution in [0.3, 0.4) is 0 Å². The molecule has 0 fully saturated rings. The van der Waals surface area contributed by atoms with Gasteiger partial charge in [-0.3, -0.25) is 0 Å². The number of nitrogens with zero attached hydrogens (tertiary/aromatic N) is 2. The summed E-state index contributed by atoms with van der Waals surface area (Å²) in [6, 6.07) is 43.6. The number of para-hydroxylation sites is 1. The van der Waals surface area contributed by atoms with Crippen LogP contribution < -0.4 is 9.80 Å². The number of fused-ring (bicyclic) bond motifs is 2. The van der Waals surface area contributed by atoms with E-state index in [9.17, 15) is 0 Å². The summed E-state index contributed by atoms with van der Waals surface area (Å²) in [4.78, 5) is 4.88. The molecule has 2 nitrogen and oxygen atoms in total. The zero-order valence-electron chi connectivity index (χ0n) is 36.0. The second-order valence-corrected chi connectivity index (χ2v) is 19.9. The molecule has 0 aliphatic heterocycles. The molecule has 1 aliphatic rings. The molecule has 0 saturated heterocycles. The lowest BCUT2D eigenvalue weighted by Crippen LogP contribution is -2.20. The lowest BCUT2D eigenvalue weighted by molar-refractivity contribution is 0.590.